The fourth-order valence-electron chi connectivity index (χ4n) is 4.14. The van der Waals surface area contributed by atoms with Crippen molar-refractivity contribution in [2.45, 2.75) is 38.2 Å². The van der Waals surface area contributed by atoms with Crippen molar-refractivity contribution in [3.8, 4) is 5.75 Å². The second-order valence-corrected chi connectivity index (χ2v) is 8.38. The molecule has 3 rings (SSSR count). The Morgan fingerprint density at radius 2 is 1.72 bits per heavy atom. The molecular formula is C22H32FN3O3. The van der Waals surface area contributed by atoms with E-state index in [1.54, 1.807) is 12.1 Å². The molecule has 0 spiro atoms. The van der Waals surface area contributed by atoms with Gasteiger partial charge in [-0.1, -0.05) is 0 Å². The van der Waals surface area contributed by atoms with Crippen LogP contribution in [0, 0.1) is 11.7 Å². The molecule has 0 aromatic heterocycles. The van der Waals surface area contributed by atoms with Crippen molar-refractivity contribution in [2.24, 2.45) is 5.92 Å². The molecular weight excluding hydrogens is 373 g/mol. The molecule has 2 fully saturated rings. The van der Waals surface area contributed by atoms with Crippen LogP contribution in [0.4, 0.5) is 4.39 Å². The number of hydrogen-bond acceptors (Lipinski definition) is 4. The molecule has 2 heterocycles. The fraction of sp³-hybridized carbons (Fsp3) is 0.636. The van der Waals surface area contributed by atoms with Crippen molar-refractivity contribution in [1.29, 1.82) is 0 Å². The van der Waals surface area contributed by atoms with Gasteiger partial charge < -0.3 is 19.4 Å². The summed E-state index contributed by atoms with van der Waals surface area (Å²) in [6, 6.07) is 5.97. The lowest BCUT2D eigenvalue weighted by molar-refractivity contribution is -0.140. The molecule has 1 aromatic carbocycles. The monoisotopic (exact) mass is 405 g/mol. The van der Waals surface area contributed by atoms with Crippen molar-refractivity contribution in [1.82, 2.24) is 14.7 Å². The number of likely N-dealkylation sites (tertiary alicyclic amines) is 2. The Balaban J connectivity index is 1.68. The molecule has 0 saturated carbocycles. The summed E-state index contributed by atoms with van der Waals surface area (Å²) in [6.45, 7) is 3.11. The van der Waals surface area contributed by atoms with Gasteiger partial charge in [0.05, 0.1) is 6.54 Å². The van der Waals surface area contributed by atoms with Gasteiger partial charge >= 0.3 is 0 Å². The molecule has 0 radical (unpaired) electrons. The quantitative estimate of drug-likeness (QED) is 0.729. The number of carbonyl (C=O) groups excluding carboxylic acids is 2. The molecule has 0 unspecified atom stereocenters. The number of amides is 2. The molecule has 0 aliphatic carbocycles. The highest BCUT2D eigenvalue weighted by molar-refractivity contribution is 5.79. The number of likely N-dealkylation sites (N-methyl/N-ethyl adjacent to an activating group) is 1. The van der Waals surface area contributed by atoms with Gasteiger partial charge in [-0.3, -0.25) is 9.59 Å². The van der Waals surface area contributed by atoms with Crippen molar-refractivity contribution < 1.29 is 18.7 Å². The minimum absolute atomic E-state index is 0.0747. The Kier molecular flexibility index (Phi) is 7.47. The Hall–Kier alpha value is -2.15. The maximum Gasteiger partial charge on any atom is 0.236 e. The molecule has 0 N–H and O–H groups in total. The van der Waals surface area contributed by atoms with Crippen LogP contribution in [0.3, 0.4) is 0 Å². The van der Waals surface area contributed by atoms with Crippen LogP contribution < -0.4 is 4.74 Å². The number of hydrogen-bond donors (Lipinski definition) is 0. The van der Waals surface area contributed by atoms with E-state index >= 15 is 0 Å². The van der Waals surface area contributed by atoms with Gasteiger partial charge in [-0.2, -0.15) is 0 Å². The van der Waals surface area contributed by atoms with Crippen LogP contribution >= 0.6 is 0 Å². The van der Waals surface area contributed by atoms with Crippen LogP contribution in [-0.4, -0.2) is 79.4 Å². The van der Waals surface area contributed by atoms with E-state index in [1.165, 1.54) is 18.6 Å². The van der Waals surface area contributed by atoms with E-state index in [0.717, 1.165) is 25.9 Å². The highest BCUT2D eigenvalue weighted by Gasteiger charge is 2.35. The minimum Gasteiger partial charge on any atom is -0.490 e. The molecule has 160 valence electrons. The number of carbonyl (C=O) groups is 2. The van der Waals surface area contributed by atoms with Gasteiger partial charge in [0.2, 0.25) is 11.8 Å². The number of ether oxygens (including phenoxy) is 1. The predicted octanol–water partition coefficient (Wildman–Crippen LogP) is 2.39. The summed E-state index contributed by atoms with van der Waals surface area (Å²) in [5, 5.41) is 0. The van der Waals surface area contributed by atoms with E-state index in [2.05, 4.69) is 0 Å². The standard InChI is InChI=1S/C22H32FN3O3/c1-24(2)16-22(28)26-13-10-20(29-19-8-6-18(23)7-9-19)17(15-26)14-21(27)25-11-4-3-5-12-25/h6-9,17,20H,3-5,10-16H2,1-2H3/t17-,20-/m0/s1. The SMILES string of the molecule is CN(C)CC(=O)N1CC[C@H](Oc2ccc(F)cc2)[C@@H](CC(=O)N2CCCCC2)C1. The molecule has 2 aliphatic heterocycles. The fourth-order valence-corrected chi connectivity index (χ4v) is 4.14. The van der Waals surface area contributed by atoms with Crippen LogP contribution in [0.25, 0.3) is 0 Å². The van der Waals surface area contributed by atoms with Crippen molar-refractivity contribution in [3.05, 3.63) is 30.1 Å². The number of piperidine rings is 2. The van der Waals surface area contributed by atoms with E-state index < -0.39 is 0 Å². The van der Waals surface area contributed by atoms with Gasteiger partial charge in [0, 0.05) is 44.9 Å². The lowest BCUT2D eigenvalue weighted by Gasteiger charge is -2.39. The number of benzene rings is 1. The van der Waals surface area contributed by atoms with Gasteiger partial charge in [-0.05, 0) is 57.6 Å². The first-order chi connectivity index (χ1) is 13.9. The molecule has 2 saturated heterocycles. The van der Waals surface area contributed by atoms with E-state index in [0.29, 0.717) is 38.2 Å². The first kappa shape index (κ1) is 21.6. The summed E-state index contributed by atoms with van der Waals surface area (Å²) in [5.74, 6) is 0.433. The third kappa shape index (κ3) is 6.16. The Labute approximate surface area is 172 Å². The van der Waals surface area contributed by atoms with Gasteiger partial charge in [0.25, 0.3) is 0 Å². The molecule has 29 heavy (non-hydrogen) atoms. The summed E-state index contributed by atoms with van der Waals surface area (Å²) >= 11 is 0. The van der Waals surface area contributed by atoms with Crippen molar-refractivity contribution in [2.75, 3.05) is 46.8 Å². The zero-order valence-electron chi connectivity index (χ0n) is 17.5. The summed E-state index contributed by atoms with van der Waals surface area (Å²) in [4.78, 5) is 31.1. The van der Waals surface area contributed by atoms with E-state index in [1.807, 2.05) is 28.8 Å². The number of halogens is 1. The smallest absolute Gasteiger partial charge is 0.236 e. The second kappa shape index (κ2) is 10.1. The first-order valence-electron chi connectivity index (χ1n) is 10.5. The molecule has 1 aromatic rings. The number of nitrogens with zero attached hydrogens (tertiary/aromatic N) is 3. The maximum atomic E-state index is 13.2. The molecule has 2 atom stereocenters. The van der Waals surface area contributed by atoms with E-state index in [4.69, 9.17) is 4.74 Å². The molecule has 2 aliphatic rings. The summed E-state index contributed by atoms with van der Waals surface area (Å²) in [7, 11) is 3.75. The highest BCUT2D eigenvalue weighted by atomic mass is 19.1. The summed E-state index contributed by atoms with van der Waals surface area (Å²) in [6.07, 6.45) is 4.15. The van der Waals surface area contributed by atoms with Crippen molar-refractivity contribution in [3.63, 3.8) is 0 Å². The van der Waals surface area contributed by atoms with E-state index in [-0.39, 0.29) is 29.7 Å². The van der Waals surface area contributed by atoms with Crippen LogP contribution in [0.15, 0.2) is 24.3 Å². The third-order valence-electron chi connectivity index (χ3n) is 5.72. The summed E-state index contributed by atoms with van der Waals surface area (Å²) in [5.41, 5.74) is 0. The molecule has 0 bridgehead atoms. The van der Waals surface area contributed by atoms with Crippen LogP contribution in [-0.2, 0) is 9.59 Å². The average Bonchev–Trinajstić information content (AvgIpc) is 2.71. The lowest BCUT2D eigenvalue weighted by atomic mass is 9.90. The van der Waals surface area contributed by atoms with Crippen molar-refractivity contribution >= 4 is 11.8 Å². The second-order valence-electron chi connectivity index (χ2n) is 8.38. The topological polar surface area (TPSA) is 53.1 Å². The van der Waals surface area contributed by atoms with Crippen LogP contribution in [0.2, 0.25) is 0 Å². The van der Waals surface area contributed by atoms with Gasteiger partial charge in [0.1, 0.15) is 17.7 Å². The molecule has 2 amide bonds. The zero-order chi connectivity index (χ0) is 20.8. The largest absolute Gasteiger partial charge is 0.490 e. The van der Waals surface area contributed by atoms with Gasteiger partial charge in [-0.25, -0.2) is 4.39 Å². The average molecular weight is 406 g/mol. The molecule has 6 nitrogen and oxygen atoms in total. The van der Waals surface area contributed by atoms with E-state index in [9.17, 15) is 14.0 Å². The normalized spacial score (nSPS) is 22.6. The van der Waals surface area contributed by atoms with Gasteiger partial charge in [0.15, 0.2) is 0 Å². The molecule has 7 heteroatoms. The van der Waals surface area contributed by atoms with Gasteiger partial charge in [-0.15, -0.1) is 0 Å². The lowest BCUT2D eigenvalue weighted by Crippen LogP contribution is -2.51. The Morgan fingerprint density at radius 3 is 2.38 bits per heavy atom. The Morgan fingerprint density at radius 1 is 1.03 bits per heavy atom. The first-order valence-corrected chi connectivity index (χ1v) is 10.5. The highest BCUT2D eigenvalue weighted by Crippen LogP contribution is 2.27. The minimum atomic E-state index is -0.307. The number of rotatable bonds is 6. The maximum absolute atomic E-state index is 13.2. The van der Waals surface area contributed by atoms with Crippen LogP contribution in [0.1, 0.15) is 32.1 Å². The summed E-state index contributed by atoms with van der Waals surface area (Å²) < 4.78 is 19.3. The zero-order valence-corrected chi connectivity index (χ0v) is 17.5. The van der Waals surface area contributed by atoms with Crippen LogP contribution in [0.5, 0.6) is 5.75 Å². The Bertz CT molecular complexity index is 689. The third-order valence-corrected chi connectivity index (χ3v) is 5.72. The predicted molar refractivity (Wildman–Crippen MR) is 109 cm³/mol.